The second-order valence-electron chi connectivity index (χ2n) is 2.41. The number of hydrogen-bond donors (Lipinski definition) is 4. The zero-order chi connectivity index (χ0) is 12.9. The van der Waals surface area contributed by atoms with Crippen LogP contribution in [0, 0.1) is 0 Å². The average molecular weight is 352 g/mol. The summed E-state index contributed by atoms with van der Waals surface area (Å²) in [6, 6.07) is 0. The monoisotopic (exact) mass is 352 g/mol. The summed E-state index contributed by atoms with van der Waals surface area (Å²) in [5.41, 5.74) is -6.15. The van der Waals surface area contributed by atoms with Gasteiger partial charge in [-0.1, -0.05) is 0 Å². The lowest BCUT2D eigenvalue weighted by molar-refractivity contribution is 0.587. The number of aromatic nitrogens is 2. The van der Waals surface area contributed by atoms with Crippen molar-refractivity contribution in [3.63, 3.8) is 0 Å². The molecular weight excluding hydrogens is 342 g/mol. The summed E-state index contributed by atoms with van der Waals surface area (Å²) in [6.45, 7) is 0. The van der Waals surface area contributed by atoms with E-state index < -0.39 is 11.4 Å². The molecule has 1 atom stereocenters. The molecule has 0 aliphatic rings. The molecule has 0 fully saturated rings. The Bertz CT molecular complexity index is 432. The Balaban J connectivity index is 2.78. The topological polar surface area (TPSA) is 142 Å². The number of nitrogens with zero attached hydrogens (tertiary/aromatic N) is 2. The smallest absolute Gasteiger partial charge is 0.279 e. The van der Waals surface area contributed by atoms with E-state index >= 15 is 0 Å². The molecular formula is C3H10N6O2P2S4. The fourth-order valence-corrected chi connectivity index (χ4v) is 10.2. The molecule has 0 bridgehead atoms. The van der Waals surface area contributed by atoms with Crippen LogP contribution < -0.4 is 19.9 Å². The van der Waals surface area contributed by atoms with Gasteiger partial charge in [0.15, 0.2) is 0 Å². The third-order valence-electron chi connectivity index (χ3n) is 1.45. The van der Waals surface area contributed by atoms with Gasteiger partial charge in [-0.2, -0.15) is 4.49 Å². The summed E-state index contributed by atoms with van der Waals surface area (Å²) >= 11 is 2.56. The first-order chi connectivity index (χ1) is 7.99. The van der Waals surface area contributed by atoms with E-state index in [0.29, 0.717) is 34.7 Å². The Kier molecular flexibility index (Phi) is 6.48. The standard InChI is InChI=1S/C3H10N6O2P2S4/c4-14-12(10,15-5)8-17-13(11,16-6)9-2-1-7-3-9/h1-3H,4-6H2,(H,8,10). The molecule has 0 aromatic carbocycles. The van der Waals surface area contributed by atoms with Crippen molar-refractivity contribution in [1.29, 1.82) is 0 Å². The van der Waals surface area contributed by atoms with Crippen molar-refractivity contribution in [2.45, 2.75) is 0 Å². The van der Waals surface area contributed by atoms with Gasteiger partial charge in [-0.15, -0.1) is 0 Å². The number of nitrogens with one attached hydrogen (secondary N) is 1. The summed E-state index contributed by atoms with van der Waals surface area (Å²) in [4.78, 5) is 3.77. The molecule has 0 spiro atoms. The van der Waals surface area contributed by atoms with Crippen LogP contribution in [0.2, 0.25) is 0 Å². The highest BCUT2D eigenvalue weighted by molar-refractivity contribution is 8.94. The highest BCUT2D eigenvalue weighted by Crippen LogP contribution is 2.71. The van der Waals surface area contributed by atoms with Gasteiger partial charge in [-0.25, -0.2) is 4.98 Å². The Morgan fingerprint density at radius 1 is 1.18 bits per heavy atom. The van der Waals surface area contributed by atoms with Gasteiger partial charge in [-0.3, -0.25) is 28.9 Å². The van der Waals surface area contributed by atoms with Crippen LogP contribution in [0.5, 0.6) is 0 Å². The molecule has 7 N–H and O–H groups in total. The van der Waals surface area contributed by atoms with E-state index in [-0.39, 0.29) is 0 Å². The van der Waals surface area contributed by atoms with Crippen LogP contribution >= 0.6 is 57.7 Å². The Hall–Kier alpha value is 0.910. The summed E-state index contributed by atoms with van der Waals surface area (Å²) < 4.78 is 28.1. The molecule has 8 nitrogen and oxygen atoms in total. The SMILES string of the molecule is NSP(=O)(NSP(=O)(SN)n1ccnc1)SN. The van der Waals surface area contributed by atoms with Crippen LogP contribution in [-0.2, 0) is 9.13 Å². The maximum atomic E-state index is 12.4. The first kappa shape index (κ1) is 16.0. The largest absolute Gasteiger partial charge is 0.313 e. The van der Waals surface area contributed by atoms with Crippen LogP contribution in [0.25, 0.3) is 0 Å². The van der Waals surface area contributed by atoms with Gasteiger partial charge in [0, 0.05) is 58.7 Å². The Morgan fingerprint density at radius 3 is 2.24 bits per heavy atom. The van der Waals surface area contributed by atoms with E-state index in [1.54, 1.807) is 0 Å². The molecule has 0 aliphatic heterocycles. The van der Waals surface area contributed by atoms with Crippen LogP contribution in [0.4, 0.5) is 0 Å². The lowest BCUT2D eigenvalue weighted by Gasteiger charge is -2.18. The predicted molar refractivity (Wildman–Crippen MR) is 78.9 cm³/mol. The molecule has 17 heavy (non-hydrogen) atoms. The number of imidazole rings is 1. The molecule has 0 radical (unpaired) electrons. The lowest BCUT2D eigenvalue weighted by Crippen LogP contribution is -2.01. The molecule has 1 aromatic heterocycles. The van der Waals surface area contributed by atoms with Crippen molar-refractivity contribution in [2.24, 2.45) is 15.4 Å². The summed E-state index contributed by atoms with van der Waals surface area (Å²) in [5.74, 6) is 0. The van der Waals surface area contributed by atoms with E-state index in [2.05, 4.69) is 9.48 Å². The zero-order valence-electron chi connectivity index (χ0n) is 8.20. The van der Waals surface area contributed by atoms with Crippen LogP contribution in [-0.4, -0.2) is 9.32 Å². The van der Waals surface area contributed by atoms with Crippen LogP contribution in [0.15, 0.2) is 18.7 Å². The summed E-state index contributed by atoms with van der Waals surface area (Å²) in [7, 11) is 0. The van der Waals surface area contributed by atoms with E-state index in [4.69, 9.17) is 15.4 Å². The quantitative estimate of drug-likeness (QED) is 0.422. The van der Waals surface area contributed by atoms with Crippen molar-refractivity contribution >= 4 is 57.7 Å². The van der Waals surface area contributed by atoms with Gasteiger partial charge in [0.25, 0.3) is 5.70 Å². The molecule has 1 rings (SSSR count). The fraction of sp³-hybridized carbons (Fsp3) is 0. The van der Waals surface area contributed by atoms with Gasteiger partial charge >= 0.3 is 5.70 Å². The van der Waals surface area contributed by atoms with Crippen molar-refractivity contribution in [2.75, 3.05) is 0 Å². The molecule has 0 amide bonds. The van der Waals surface area contributed by atoms with Gasteiger partial charge in [-0.05, 0) is 0 Å². The molecule has 98 valence electrons. The fourth-order valence-electron chi connectivity index (χ4n) is 0.690. The van der Waals surface area contributed by atoms with E-state index in [1.165, 1.54) is 23.1 Å². The van der Waals surface area contributed by atoms with Crippen molar-refractivity contribution in [3.05, 3.63) is 18.7 Å². The Labute approximate surface area is 114 Å². The number of rotatable bonds is 7. The predicted octanol–water partition coefficient (Wildman–Crippen LogP) is 2.01. The van der Waals surface area contributed by atoms with Crippen LogP contribution in [0.1, 0.15) is 0 Å². The third-order valence-corrected chi connectivity index (χ3v) is 13.9. The van der Waals surface area contributed by atoms with Crippen LogP contribution in [0.3, 0.4) is 0 Å². The first-order valence-electron chi connectivity index (χ1n) is 3.80. The molecule has 1 heterocycles. The molecule has 14 heteroatoms. The van der Waals surface area contributed by atoms with E-state index in [9.17, 15) is 9.13 Å². The highest BCUT2D eigenvalue weighted by atomic mass is 33.1. The third kappa shape index (κ3) is 4.20. The normalized spacial score (nSPS) is 15.7. The lowest BCUT2D eigenvalue weighted by atomic mass is 11.0. The maximum Gasteiger partial charge on any atom is 0.313 e. The van der Waals surface area contributed by atoms with Gasteiger partial charge < -0.3 is 0 Å². The summed E-state index contributed by atoms with van der Waals surface area (Å²) in [6.07, 6.45) is 4.34. The van der Waals surface area contributed by atoms with Gasteiger partial charge in [0.2, 0.25) is 0 Å². The minimum atomic E-state index is -3.08. The van der Waals surface area contributed by atoms with Gasteiger partial charge in [0.05, 0.1) is 0 Å². The average Bonchev–Trinajstić information content (AvgIpc) is 2.90. The highest BCUT2D eigenvalue weighted by Gasteiger charge is 2.30. The molecule has 0 saturated heterocycles. The van der Waals surface area contributed by atoms with Crippen molar-refractivity contribution < 1.29 is 9.13 Å². The van der Waals surface area contributed by atoms with Crippen molar-refractivity contribution in [3.8, 4) is 0 Å². The number of nitrogens with two attached hydrogens (primary N) is 3. The van der Waals surface area contributed by atoms with Gasteiger partial charge in [0.1, 0.15) is 6.33 Å². The minimum absolute atomic E-state index is 0.586. The second kappa shape index (κ2) is 6.90. The van der Waals surface area contributed by atoms with E-state index in [1.807, 2.05) is 0 Å². The maximum absolute atomic E-state index is 12.4. The van der Waals surface area contributed by atoms with E-state index in [0.717, 1.165) is 11.6 Å². The zero-order valence-corrected chi connectivity index (χ0v) is 13.3. The first-order valence-corrected chi connectivity index (χ1v) is 13.0. The molecule has 0 saturated carbocycles. The Morgan fingerprint density at radius 2 is 1.82 bits per heavy atom. The summed E-state index contributed by atoms with van der Waals surface area (Å²) in [5, 5.41) is 15.9. The second-order valence-corrected chi connectivity index (χ2v) is 16.2. The molecule has 1 unspecified atom stereocenters. The minimum Gasteiger partial charge on any atom is -0.279 e. The molecule has 1 aromatic rings. The number of hydrogen-bond acceptors (Lipinski definition) is 10. The molecule has 0 aliphatic carbocycles. The van der Waals surface area contributed by atoms with Crippen molar-refractivity contribution in [1.82, 2.24) is 13.8 Å².